The first-order chi connectivity index (χ1) is 22.0. The van der Waals surface area contributed by atoms with E-state index in [1.54, 1.807) is 29.3 Å². The maximum Gasteiger partial charge on any atom is 0.263 e. The lowest BCUT2D eigenvalue weighted by Gasteiger charge is -2.36. The highest BCUT2D eigenvalue weighted by Crippen LogP contribution is 2.40. The van der Waals surface area contributed by atoms with Gasteiger partial charge in [0, 0.05) is 42.0 Å². The van der Waals surface area contributed by atoms with Gasteiger partial charge in [0.2, 0.25) is 0 Å². The Labute approximate surface area is 286 Å². The second-order valence-electron chi connectivity index (χ2n) is 10.9. The summed E-state index contributed by atoms with van der Waals surface area (Å²) in [7, 11) is 1.94. The summed E-state index contributed by atoms with van der Waals surface area (Å²) in [5.41, 5.74) is 5.67. The van der Waals surface area contributed by atoms with Crippen molar-refractivity contribution in [2.75, 3.05) is 36.6 Å². The lowest BCUT2D eigenvalue weighted by atomic mass is 10.1. The number of carbonyl (C=O) groups excluding carboxylic acids is 2. The largest absolute Gasteiger partial charge is 0.355 e. The van der Waals surface area contributed by atoms with Crippen LogP contribution in [-0.4, -0.2) is 58.7 Å². The first-order valence-electron chi connectivity index (χ1n) is 15.0. The molecule has 246 valence electrons. The van der Waals surface area contributed by atoms with Gasteiger partial charge < -0.3 is 20.0 Å². The maximum absolute atomic E-state index is 13.5. The minimum Gasteiger partial charge on any atom is -0.355 e. The second kappa shape index (κ2) is 17.3. The lowest BCUT2D eigenvalue weighted by Crippen LogP contribution is -2.45. The van der Waals surface area contributed by atoms with E-state index in [9.17, 15) is 4.79 Å². The zero-order valence-electron chi connectivity index (χ0n) is 27.4. The number of amides is 1. The summed E-state index contributed by atoms with van der Waals surface area (Å²) in [6.07, 6.45) is 11.4. The molecule has 0 spiro atoms. The molecule has 1 saturated heterocycles. The third-order valence-electron chi connectivity index (χ3n) is 7.39. The second-order valence-corrected chi connectivity index (χ2v) is 12.3. The smallest absolute Gasteiger partial charge is 0.263 e. The fourth-order valence-corrected chi connectivity index (χ4v) is 5.34. The average Bonchev–Trinajstić information content (AvgIpc) is 3.80. The summed E-state index contributed by atoms with van der Waals surface area (Å²) < 4.78 is 2.02. The van der Waals surface area contributed by atoms with E-state index in [2.05, 4.69) is 26.6 Å². The number of aldehydes is 1. The molecule has 0 bridgehead atoms. The van der Waals surface area contributed by atoms with Gasteiger partial charge in [-0.05, 0) is 72.7 Å². The Bertz CT molecular complexity index is 1660. The molecule has 3 aromatic heterocycles. The van der Waals surface area contributed by atoms with E-state index in [0.29, 0.717) is 34.0 Å². The number of anilines is 2. The molecule has 0 aliphatic carbocycles. The van der Waals surface area contributed by atoms with Gasteiger partial charge >= 0.3 is 0 Å². The van der Waals surface area contributed by atoms with Crippen molar-refractivity contribution in [2.24, 2.45) is 0 Å². The Balaban J connectivity index is 0.000000380. The molecule has 0 radical (unpaired) electrons. The SMILES string of the molecule is C/C=C/C.CC(C)=C(C)Cl.CC=O.CN1CN(c2c(Cl)cccc2Cl)C(=O)c2cnc3[nH]c(-c4cnn(C5CCNC5)c4)cc3c21. The number of aromatic nitrogens is 4. The highest BCUT2D eigenvalue weighted by atomic mass is 35.5. The van der Waals surface area contributed by atoms with Crippen molar-refractivity contribution in [3.63, 3.8) is 0 Å². The Morgan fingerprint density at radius 3 is 2.22 bits per heavy atom. The number of hydrogen-bond donors (Lipinski definition) is 2. The quantitative estimate of drug-likeness (QED) is 0.165. The van der Waals surface area contributed by atoms with Gasteiger partial charge in [-0.3, -0.25) is 14.4 Å². The zero-order chi connectivity index (χ0) is 34.0. The first kappa shape index (κ1) is 36.8. The Hall–Kier alpha value is -3.63. The van der Waals surface area contributed by atoms with Crippen LogP contribution in [0, 0.1) is 0 Å². The number of pyridine rings is 1. The molecule has 1 unspecified atom stereocenters. The lowest BCUT2D eigenvalue weighted by molar-refractivity contribution is -0.106. The van der Waals surface area contributed by atoms with E-state index >= 15 is 0 Å². The van der Waals surface area contributed by atoms with Gasteiger partial charge in [-0.1, -0.05) is 58.6 Å². The van der Waals surface area contributed by atoms with Gasteiger partial charge in [-0.2, -0.15) is 5.10 Å². The van der Waals surface area contributed by atoms with Crippen molar-refractivity contribution in [3.05, 3.63) is 81.2 Å². The molecule has 2 N–H and O–H groups in total. The number of rotatable bonds is 3. The van der Waals surface area contributed by atoms with Gasteiger partial charge in [-0.25, -0.2) is 4.98 Å². The van der Waals surface area contributed by atoms with Crippen LogP contribution in [0.4, 0.5) is 11.4 Å². The van der Waals surface area contributed by atoms with Crippen LogP contribution in [0.3, 0.4) is 0 Å². The highest BCUT2D eigenvalue weighted by Gasteiger charge is 2.33. The number of benzene rings is 1. The number of para-hydroxylation sites is 1. The van der Waals surface area contributed by atoms with Crippen molar-refractivity contribution in [1.82, 2.24) is 25.1 Å². The normalized spacial score (nSPS) is 15.3. The van der Waals surface area contributed by atoms with E-state index in [1.807, 2.05) is 75.7 Å². The molecule has 6 rings (SSSR count). The number of allylic oxidation sites excluding steroid dienone is 4. The molecule has 0 saturated carbocycles. The number of fused-ring (bicyclic) bond motifs is 3. The number of carbonyl (C=O) groups is 2. The van der Waals surface area contributed by atoms with Crippen LogP contribution in [0.5, 0.6) is 0 Å². The van der Waals surface area contributed by atoms with E-state index in [0.717, 1.165) is 58.8 Å². The van der Waals surface area contributed by atoms with Crippen molar-refractivity contribution in [2.45, 2.75) is 54.0 Å². The number of H-pyrrole nitrogens is 1. The summed E-state index contributed by atoms with van der Waals surface area (Å²) >= 11 is 18.3. The number of halogens is 3. The van der Waals surface area contributed by atoms with Gasteiger partial charge in [0.25, 0.3) is 5.91 Å². The monoisotopic (exact) mass is 685 g/mol. The fraction of sp³-hybridized carbons (Fsp3) is 0.353. The Morgan fingerprint density at radius 2 is 1.67 bits per heavy atom. The summed E-state index contributed by atoms with van der Waals surface area (Å²) in [6.45, 7) is 13.6. The van der Waals surface area contributed by atoms with Crippen molar-refractivity contribution in [3.8, 4) is 11.3 Å². The maximum atomic E-state index is 13.5. The third-order valence-corrected chi connectivity index (χ3v) is 8.38. The molecule has 4 aromatic rings. The van der Waals surface area contributed by atoms with E-state index in [1.165, 1.54) is 12.5 Å². The summed E-state index contributed by atoms with van der Waals surface area (Å²) in [5, 5.41) is 10.6. The number of aromatic amines is 1. The van der Waals surface area contributed by atoms with E-state index in [4.69, 9.17) is 39.6 Å². The average molecular weight is 687 g/mol. The van der Waals surface area contributed by atoms with Crippen molar-refractivity contribution >= 4 is 69.4 Å². The van der Waals surface area contributed by atoms with Crippen LogP contribution in [0.25, 0.3) is 22.3 Å². The molecule has 46 heavy (non-hydrogen) atoms. The molecular formula is C34H42Cl3N7O2. The van der Waals surface area contributed by atoms with Gasteiger partial charge in [0.15, 0.2) is 0 Å². The van der Waals surface area contributed by atoms with Crippen molar-refractivity contribution in [1.29, 1.82) is 0 Å². The molecule has 2 aliphatic heterocycles. The van der Waals surface area contributed by atoms with Crippen LogP contribution >= 0.6 is 34.8 Å². The molecule has 5 heterocycles. The first-order valence-corrected chi connectivity index (χ1v) is 16.1. The minimum atomic E-state index is -0.184. The molecular weight excluding hydrogens is 645 g/mol. The van der Waals surface area contributed by atoms with Crippen LogP contribution in [0.15, 0.2) is 65.6 Å². The Morgan fingerprint density at radius 1 is 1.04 bits per heavy atom. The summed E-state index contributed by atoms with van der Waals surface area (Å²) in [6, 6.07) is 7.64. The predicted octanol–water partition coefficient (Wildman–Crippen LogP) is 8.65. The Kier molecular flexibility index (Phi) is 13.9. The molecule has 1 atom stereocenters. The molecule has 1 amide bonds. The summed E-state index contributed by atoms with van der Waals surface area (Å²) in [4.78, 5) is 33.8. The number of nitrogens with zero attached hydrogens (tertiary/aromatic N) is 5. The third kappa shape index (κ3) is 8.79. The van der Waals surface area contributed by atoms with Crippen LogP contribution in [0.2, 0.25) is 10.0 Å². The predicted molar refractivity (Wildman–Crippen MR) is 193 cm³/mol. The van der Waals surface area contributed by atoms with Gasteiger partial charge in [0.1, 0.15) is 11.9 Å². The molecule has 2 aliphatic rings. The van der Waals surface area contributed by atoms with Gasteiger partial charge in [0.05, 0.1) is 51.6 Å². The molecule has 12 heteroatoms. The molecule has 1 fully saturated rings. The van der Waals surface area contributed by atoms with Crippen LogP contribution in [-0.2, 0) is 4.79 Å². The van der Waals surface area contributed by atoms with E-state index < -0.39 is 0 Å². The van der Waals surface area contributed by atoms with Crippen LogP contribution in [0.1, 0.15) is 64.4 Å². The number of hydrogen-bond acceptors (Lipinski definition) is 6. The van der Waals surface area contributed by atoms with Gasteiger partial charge in [-0.15, -0.1) is 0 Å². The van der Waals surface area contributed by atoms with E-state index in [-0.39, 0.29) is 5.91 Å². The molecule has 9 nitrogen and oxygen atoms in total. The van der Waals surface area contributed by atoms with Crippen LogP contribution < -0.4 is 15.1 Å². The highest BCUT2D eigenvalue weighted by molar-refractivity contribution is 6.40. The number of nitrogens with one attached hydrogen (secondary N) is 2. The zero-order valence-corrected chi connectivity index (χ0v) is 29.6. The van der Waals surface area contributed by atoms with Crippen molar-refractivity contribution < 1.29 is 9.59 Å². The topological polar surface area (TPSA) is 99.2 Å². The molecule has 1 aromatic carbocycles. The standard InChI is InChI=1S/C23H21Cl2N7O.C5H9Cl.C4H8.C2H4O/c1-30-12-31(21-17(24)3-2-4-18(21)25)23(33)16-10-27-22-15(20(16)30)7-19(29-22)13-8-28-32(11-13)14-5-6-26-9-14;1-4(2)5(3)6;1-3-4-2;1-2-3/h2-4,7-8,10-11,14,26H,5-6,9,12H2,1H3,(H,27,29);1-3H3;3-4H,1-2H3;2H,1H3/b;;4-3+;. The summed E-state index contributed by atoms with van der Waals surface area (Å²) in [5.74, 6) is -0.184. The minimum absolute atomic E-state index is 0.184. The fourth-order valence-electron chi connectivity index (χ4n) is 4.74.